The first-order valence-corrected chi connectivity index (χ1v) is 9.88. The van der Waals surface area contributed by atoms with E-state index in [9.17, 15) is 4.79 Å². The van der Waals surface area contributed by atoms with Gasteiger partial charge in [0.1, 0.15) is 5.78 Å². The number of carbonyl (C=O) groups excluding carboxylic acids is 1. The number of hydrogen-bond acceptors (Lipinski definition) is 3. The topological polar surface area (TPSA) is 45.8 Å². The van der Waals surface area contributed by atoms with E-state index in [1.54, 1.807) is 6.92 Å². The number of nitrogens with zero attached hydrogens (tertiary/aromatic N) is 1. The number of thioether (sulfide) groups is 1. The molecule has 0 aliphatic heterocycles. The maximum absolute atomic E-state index is 11.3. The van der Waals surface area contributed by atoms with Gasteiger partial charge in [-0.25, -0.2) is 4.98 Å². The van der Waals surface area contributed by atoms with Crippen molar-refractivity contribution in [1.29, 1.82) is 0 Å². The second kappa shape index (κ2) is 9.39. The molecule has 1 heterocycles. The number of aromatic nitrogens is 2. The Kier molecular flexibility index (Phi) is 7.22. The minimum atomic E-state index is 0.144. The second-order valence-electron chi connectivity index (χ2n) is 5.99. The smallest absolute Gasteiger partial charge is 0.166 e. The highest BCUT2D eigenvalue weighted by atomic mass is 32.2. The molecule has 2 aromatic carbocycles. The van der Waals surface area contributed by atoms with Gasteiger partial charge in [-0.3, -0.25) is 4.79 Å². The van der Waals surface area contributed by atoms with Crippen LogP contribution in [0.4, 0.5) is 0 Å². The van der Waals surface area contributed by atoms with E-state index in [1.165, 1.54) is 22.9 Å². The van der Waals surface area contributed by atoms with Gasteiger partial charge in [-0.2, -0.15) is 0 Å². The van der Waals surface area contributed by atoms with Crippen molar-refractivity contribution in [3.8, 4) is 22.5 Å². The molecule has 0 spiro atoms. The molecule has 0 unspecified atom stereocenters. The zero-order valence-corrected chi connectivity index (χ0v) is 16.9. The molecule has 0 radical (unpaired) electrons. The molecule has 26 heavy (non-hydrogen) atoms. The second-order valence-corrected chi connectivity index (χ2v) is 6.95. The van der Waals surface area contributed by atoms with Crippen molar-refractivity contribution in [2.75, 3.05) is 5.75 Å². The number of nitrogens with one attached hydrogen (secondary N) is 1. The summed E-state index contributed by atoms with van der Waals surface area (Å²) in [5.41, 5.74) is 6.52. The maximum atomic E-state index is 11.3. The lowest BCUT2D eigenvalue weighted by molar-refractivity contribution is -0.114. The molecule has 1 N–H and O–H groups in total. The fourth-order valence-electron chi connectivity index (χ4n) is 2.44. The molecule has 0 aliphatic rings. The fraction of sp³-hybridized carbons (Fsp3) is 0.273. The van der Waals surface area contributed by atoms with Gasteiger partial charge in [0.05, 0.1) is 17.1 Å². The van der Waals surface area contributed by atoms with E-state index in [-0.39, 0.29) is 5.78 Å². The normalized spacial score (nSPS) is 10.2. The van der Waals surface area contributed by atoms with Crippen molar-refractivity contribution in [2.24, 2.45) is 0 Å². The number of aryl methyl sites for hydroxylation is 2. The monoisotopic (exact) mass is 366 g/mol. The van der Waals surface area contributed by atoms with E-state index in [1.807, 2.05) is 13.8 Å². The van der Waals surface area contributed by atoms with Gasteiger partial charge in [-0.1, -0.05) is 85.3 Å². The van der Waals surface area contributed by atoms with Crippen LogP contribution < -0.4 is 0 Å². The lowest BCUT2D eigenvalue weighted by Gasteiger charge is -2.04. The highest BCUT2D eigenvalue weighted by Crippen LogP contribution is 2.33. The van der Waals surface area contributed by atoms with Crippen molar-refractivity contribution >= 4 is 17.5 Å². The minimum Gasteiger partial charge on any atom is -0.332 e. The van der Waals surface area contributed by atoms with Crippen LogP contribution in [0.1, 0.15) is 31.9 Å². The van der Waals surface area contributed by atoms with E-state index < -0.39 is 0 Å². The summed E-state index contributed by atoms with van der Waals surface area (Å²) in [7, 11) is 0. The number of rotatable bonds is 5. The summed E-state index contributed by atoms with van der Waals surface area (Å²) in [6.45, 7) is 9.74. The van der Waals surface area contributed by atoms with Crippen LogP contribution in [0.5, 0.6) is 0 Å². The molecule has 0 aliphatic carbocycles. The Morgan fingerprint density at radius 3 is 1.92 bits per heavy atom. The number of aromatic amines is 1. The predicted molar refractivity (Wildman–Crippen MR) is 112 cm³/mol. The molecule has 1 aromatic heterocycles. The molecule has 0 atom stereocenters. The number of Topliss-reactive ketones (excluding diaryl/α,β-unsaturated/α-hetero) is 1. The fourth-order valence-corrected chi connectivity index (χ4v) is 3.11. The van der Waals surface area contributed by atoms with E-state index in [4.69, 9.17) is 4.98 Å². The average Bonchev–Trinajstić information content (AvgIpc) is 3.07. The molecule has 136 valence electrons. The van der Waals surface area contributed by atoms with Gasteiger partial charge >= 0.3 is 0 Å². The van der Waals surface area contributed by atoms with Crippen molar-refractivity contribution in [1.82, 2.24) is 9.97 Å². The first-order valence-electron chi connectivity index (χ1n) is 8.89. The number of H-pyrrole nitrogens is 1. The molecule has 3 aromatic rings. The SMILES string of the molecule is CC.CC(=O)CSc1nc(-c2ccc(C)cc2)c(-c2ccc(C)cc2)[nH]1. The van der Waals surface area contributed by atoms with Gasteiger partial charge in [-0.15, -0.1) is 0 Å². The van der Waals surface area contributed by atoms with Gasteiger partial charge in [0.15, 0.2) is 5.16 Å². The summed E-state index contributed by atoms with van der Waals surface area (Å²) in [4.78, 5) is 19.4. The number of hydrogen-bond donors (Lipinski definition) is 1. The van der Waals surface area contributed by atoms with E-state index in [0.29, 0.717) is 5.75 Å². The molecule has 3 rings (SSSR count). The van der Waals surface area contributed by atoms with Crippen LogP contribution >= 0.6 is 11.8 Å². The van der Waals surface area contributed by atoms with Gasteiger partial charge in [0.2, 0.25) is 0 Å². The van der Waals surface area contributed by atoms with Crippen molar-refractivity contribution in [3.05, 3.63) is 59.7 Å². The number of carbonyl (C=O) groups is 1. The van der Waals surface area contributed by atoms with Gasteiger partial charge in [-0.05, 0) is 20.8 Å². The molecule has 0 bridgehead atoms. The van der Waals surface area contributed by atoms with Crippen LogP contribution in [0.15, 0.2) is 53.7 Å². The van der Waals surface area contributed by atoms with Crippen molar-refractivity contribution in [3.63, 3.8) is 0 Å². The molecule has 4 heteroatoms. The Bertz CT molecular complexity index is 786. The molecular weight excluding hydrogens is 340 g/mol. The van der Waals surface area contributed by atoms with Crippen LogP contribution in [0.3, 0.4) is 0 Å². The Balaban J connectivity index is 0.00000117. The molecule has 0 amide bonds. The first-order chi connectivity index (χ1) is 12.5. The lowest BCUT2D eigenvalue weighted by Crippen LogP contribution is -1.93. The van der Waals surface area contributed by atoms with Crippen LogP contribution in [0.25, 0.3) is 22.5 Å². The average molecular weight is 367 g/mol. The Morgan fingerprint density at radius 2 is 1.42 bits per heavy atom. The summed E-state index contributed by atoms with van der Waals surface area (Å²) in [5.74, 6) is 0.568. The third-order valence-electron chi connectivity index (χ3n) is 3.76. The minimum absolute atomic E-state index is 0.144. The summed E-state index contributed by atoms with van der Waals surface area (Å²) in [6, 6.07) is 16.7. The third-order valence-corrected chi connectivity index (χ3v) is 4.78. The van der Waals surface area contributed by atoms with Crippen LogP contribution in [-0.4, -0.2) is 21.5 Å². The molecule has 0 fully saturated rings. The van der Waals surface area contributed by atoms with Gasteiger partial charge < -0.3 is 4.98 Å². The molecule has 0 saturated carbocycles. The van der Waals surface area contributed by atoms with Crippen molar-refractivity contribution in [2.45, 2.75) is 39.8 Å². The number of benzene rings is 2. The maximum Gasteiger partial charge on any atom is 0.166 e. The summed E-state index contributed by atoms with van der Waals surface area (Å²) >= 11 is 1.44. The van der Waals surface area contributed by atoms with E-state index in [2.05, 4.69) is 67.4 Å². The number of imidazole rings is 1. The quantitative estimate of drug-likeness (QED) is 0.558. The zero-order chi connectivity index (χ0) is 19.1. The summed E-state index contributed by atoms with van der Waals surface area (Å²) < 4.78 is 0. The largest absolute Gasteiger partial charge is 0.332 e. The van der Waals surface area contributed by atoms with Crippen LogP contribution in [-0.2, 0) is 4.79 Å². The van der Waals surface area contributed by atoms with Crippen molar-refractivity contribution < 1.29 is 4.79 Å². The number of ketones is 1. The molecule has 3 nitrogen and oxygen atoms in total. The molecule has 0 saturated heterocycles. The molecular formula is C22H26N2OS. The summed E-state index contributed by atoms with van der Waals surface area (Å²) in [5, 5.41) is 0.774. The first kappa shape index (κ1) is 20.0. The zero-order valence-electron chi connectivity index (χ0n) is 16.1. The van der Waals surface area contributed by atoms with Crippen LogP contribution in [0.2, 0.25) is 0 Å². The van der Waals surface area contributed by atoms with E-state index in [0.717, 1.165) is 27.7 Å². The van der Waals surface area contributed by atoms with Crippen LogP contribution in [0, 0.1) is 13.8 Å². The third kappa shape index (κ3) is 5.09. The lowest BCUT2D eigenvalue weighted by atomic mass is 10.0. The standard InChI is InChI=1S/C20H20N2OS.C2H6/c1-13-4-8-16(9-5-13)18-19(17-10-6-14(2)7-11-17)22-20(21-18)24-12-15(3)23;1-2/h4-11H,12H2,1-3H3,(H,21,22);1-2H3. The van der Waals surface area contributed by atoms with Gasteiger partial charge in [0, 0.05) is 11.1 Å². The highest BCUT2D eigenvalue weighted by Gasteiger charge is 2.14. The Labute approximate surface area is 160 Å². The van der Waals surface area contributed by atoms with E-state index >= 15 is 0 Å². The predicted octanol–water partition coefficient (Wildman–Crippen LogP) is 6.07. The Hall–Kier alpha value is -2.33. The highest BCUT2D eigenvalue weighted by molar-refractivity contribution is 7.99. The van der Waals surface area contributed by atoms with Gasteiger partial charge in [0.25, 0.3) is 0 Å². The summed E-state index contributed by atoms with van der Waals surface area (Å²) in [6.07, 6.45) is 0. The Morgan fingerprint density at radius 1 is 0.923 bits per heavy atom.